The number of hydrogen-bond acceptors (Lipinski definition) is 4. The van der Waals surface area contributed by atoms with Crippen LogP contribution in [0.25, 0.3) is 0 Å². The van der Waals surface area contributed by atoms with E-state index in [1.807, 2.05) is 19.1 Å². The molecule has 4 nitrogen and oxygen atoms in total. The van der Waals surface area contributed by atoms with Crippen molar-refractivity contribution in [3.05, 3.63) is 23.3 Å². The molecule has 0 saturated heterocycles. The molecule has 2 N–H and O–H groups in total. The van der Waals surface area contributed by atoms with Crippen molar-refractivity contribution >= 4 is 0 Å². The third kappa shape index (κ3) is 2.87. The number of ether oxygens (including phenoxy) is 2. The number of hydrogen-bond donors (Lipinski definition) is 2. The number of rotatable bonds is 6. The lowest BCUT2D eigenvalue weighted by Crippen LogP contribution is -2.18. The van der Waals surface area contributed by atoms with Gasteiger partial charge in [0.1, 0.15) is 11.5 Å². The minimum atomic E-state index is 0.136. The summed E-state index contributed by atoms with van der Waals surface area (Å²) >= 11 is 0. The lowest BCUT2D eigenvalue weighted by molar-refractivity contribution is 0.291. The van der Waals surface area contributed by atoms with Crippen LogP contribution in [0.5, 0.6) is 11.5 Å². The van der Waals surface area contributed by atoms with Gasteiger partial charge >= 0.3 is 0 Å². The standard InChI is InChI=1S/C12H19NO3/c1-9-11(15-2)5-4-10(12(9)16-3)8-13-6-7-14/h4-5,13-14H,6-8H2,1-3H3. The lowest BCUT2D eigenvalue weighted by Gasteiger charge is -2.14. The van der Waals surface area contributed by atoms with Crippen LogP contribution in [0.3, 0.4) is 0 Å². The highest BCUT2D eigenvalue weighted by Crippen LogP contribution is 2.30. The van der Waals surface area contributed by atoms with E-state index >= 15 is 0 Å². The maximum absolute atomic E-state index is 8.69. The average molecular weight is 225 g/mol. The minimum absolute atomic E-state index is 0.136. The van der Waals surface area contributed by atoms with Gasteiger partial charge in [-0.1, -0.05) is 6.07 Å². The van der Waals surface area contributed by atoms with Crippen molar-refractivity contribution < 1.29 is 14.6 Å². The zero-order chi connectivity index (χ0) is 12.0. The molecule has 0 atom stereocenters. The van der Waals surface area contributed by atoms with Crippen molar-refractivity contribution in [1.29, 1.82) is 0 Å². The van der Waals surface area contributed by atoms with Gasteiger partial charge in [0.05, 0.1) is 20.8 Å². The molecule has 4 heteroatoms. The van der Waals surface area contributed by atoms with E-state index in [1.54, 1.807) is 14.2 Å². The molecule has 16 heavy (non-hydrogen) atoms. The van der Waals surface area contributed by atoms with Gasteiger partial charge in [-0.25, -0.2) is 0 Å². The summed E-state index contributed by atoms with van der Waals surface area (Å²) < 4.78 is 10.6. The van der Waals surface area contributed by atoms with Crippen molar-refractivity contribution in [3.8, 4) is 11.5 Å². The molecule has 0 radical (unpaired) electrons. The van der Waals surface area contributed by atoms with Gasteiger partial charge < -0.3 is 19.9 Å². The highest BCUT2D eigenvalue weighted by atomic mass is 16.5. The molecule has 0 bridgehead atoms. The predicted octanol–water partition coefficient (Wildman–Crippen LogP) is 1.09. The van der Waals surface area contributed by atoms with E-state index < -0.39 is 0 Å². The number of aliphatic hydroxyl groups is 1. The highest BCUT2D eigenvalue weighted by Gasteiger charge is 2.10. The zero-order valence-corrected chi connectivity index (χ0v) is 10.0. The van der Waals surface area contributed by atoms with E-state index in [0.29, 0.717) is 13.1 Å². The number of nitrogens with one attached hydrogen (secondary N) is 1. The number of benzene rings is 1. The monoisotopic (exact) mass is 225 g/mol. The van der Waals surface area contributed by atoms with E-state index in [9.17, 15) is 0 Å². The summed E-state index contributed by atoms with van der Waals surface area (Å²) in [5, 5.41) is 11.8. The van der Waals surface area contributed by atoms with E-state index in [2.05, 4.69) is 5.32 Å². The van der Waals surface area contributed by atoms with Gasteiger partial charge in [-0.15, -0.1) is 0 Å². The Balaban J connectivity index is 2.88. The maximum atomic E-state index is 8.69. The SMILES string of the molecule is COc1ccc(CNCCO)c(OC)c1C. The first-order chi connectivity index (χ1) is 7.74. The summed E-state index contributed by atoms with van der Waals surface area (Å²) in [5.41, 5.74) is 2.06. The van der Waals surface area contributed by atoms with Crippen LogP contribution in [-0.2, 0) is 6.54 Å². The Hall–Kier alpha value is -1.26. The second-order valence-electron chi connectivity index (χ2n) is 3.49. The number of methoxy groups -OCH3 is 2. The van der Waals surface area contributed by atoms with E-state index in [-0.39, 0.29) is 6.61 Å². The van der Waals surface area contributed by atoms with Gasteiger partial charge in [-0.3, -0.25) is 0 Å². The van der Waals surface area contributed by atoms with Gasteiger partial charge in [0.15, 0.2) is 0 Å². The van der Waals surface area contributed by atoms with E-state index in [0.717, 1.165) is 22.6 Å². The molecule has 0 amide bonds. The largest absolute Gasteiger partial charge is 0.496 e. The second kappa shape index (κ2) is 6.35. The predicted molar refractivity (Wildman–Crippen MR) is 63.1 cm³/mol. The van der Waals surface area contributed by atoms with Crippen LogP contribution in [0.1, 0.15) is 11.1 Å². The topological polar surface area (TPSA) is 50.7 Å². The molecule has 1 rings (SSSR count). The Morgan fingerprint density at radius 3 is 2.56 bits per heavy atom. The molecule has 0 fully saturated rings. The molecule has 1 aromatic carbocycles. The first kappa shape index (κ1) is 12.8. The molecule has 0 aromatic heterocycles. The molecular formula is C12H19NO3. The summed E-state index contributed by atoms with van der Waals surface area (Å²) in [7, 11) is 3.29. The van der Waals surface area contributed by atoms with E-state index in [4.69, 9.17) is 14.6 Å². The summed E-state index contributed by atoms with van der Waals surface area (Å²) in [5.74, 6) is 1.66. The smallest absolute Gasteiger partial charge is 0.129 e. The fraction of sp³-hybridized carbons (Fsp3) is 0.500. The molecule has 0 aliphatic heterocycles. The minimum Gasteiger partial charge on any atom is -0.496 e. The molecule has 0 unspecified atom stereocenters. The second-order valence-corrected chi connectivity index (χ2v) is 3.49. The third-order valence-electron chi connectivity index (χ3n) is 2.47. The maximum Gasteiger partial charge on any atom is 0.129 e. The Labute approximate surface area is 96.2 Å². The Bertz CT molecular complexity index is 339. The first-order valence-corrected chi connectivity index (χ1v) is 5.26. The summed E-state index contributed by atoms with van der Waals surface area (Å²) in [6, 6.07) is 3.89. The summed E-state index contributed by atoms with van der Waals surface area (Å²) in [4.78, 5) is 0. The molecule has 90 valence electrons. The third-order valence-corrected chi connectivity index (χ3v) is 2.47. The molecular weight excluding hydrogens is 206 g/mol. The van der Waals surface area contributed by atoms with Crippen molar-refractivity contribution in [1.82, 2.24) is 5.32 Å². The van der Waals surface area contributed by atoms with E-state index in [1.165, 1.54) is 0 Å². The van der Waals surface area contributed by atoms with Crippen LogP contribution >= 0.6 is 0 Å². The number of aliphatic hydroxyl groups excluding tert-OH is 1. The Morgan fingerprint density at radius 1 is 1.25 bits per heavy atom. The van der Waals surface area contributed by atoms with Crippen LogP contribution in [0, 0.1) is 6.92 Å². The van der Waals surface area contributed by atoms with Crippen LogP contribution in [-0.4, -0.2) is 32.5 Å². The van der Waals surface area contributed by atoms with Crippen molar-refractivity contribution in [2.24, 2.45) is 0 Å². The van der Waals surface area contributed by atoms with Crippen molar-refractivity contribution in [2.45, 2.75) is 13.5 Å². The zero-order valence-electron chi connectivity index (χ0n) is 10.0. The summed E-state index contributed by atoms with van der Waals surface area (Å²) in [6.07, 6.45) is 0. The molecule has 0 saturated carbocycles. The highest BCUT2D eigenvalue weighted by molar-refractivity contribution is 5.49. The van der Waals surface area contributed by atoms with Crippen LogP contribution in [0.2, 0.25) is 0 Å². The Morgan fingerprint density at radius 2 is 2.00 bits per heavy atom. The molecule has 0 heterocycles. The van der Waals surface area contributed by atoms with Crippen molar-refractivity contribution in [2.75, 3.05) is 27.4 Å². The molecule has 0 aliphatic carbocycles. The van der Waals surface area contributed by atoms with Crippen molar-refractivity contribution in [3.63, 3.8) is 0 Å². The normalized spacial score (nSPS) is 10.2. The molecule has 1 aromatic rings. The fourth-order valence-electron chi connectivity index (χ4n) is 1.68. The fourth-order valence-corrected chi connectivity index (χ4v) is 1.68. The lowest BCUT2D eigenvalue weighted by atomic mass is 10.1. The van der Waals surface area contributed by atoms with Gasteiger partial charge in [-0.05, 0) is 13.0 Å². The van der Waals surface area contributed by atoms with Crippen LogP contribution in [0.15, 0.2) is 12.1 Å². The van der Waals surface area contributed by atoms with Gasteiger partial charge in [0.2, 0.25) is 0 Å². The van der Waals surface area contributed by atoms with Gasteiger partial charge in [0.25, 0.3) is 0 Å². The van der Waals surface area contributed by atoms with Crippen LogP contribution in [0.4, 0.5) is 0 Å². The quantitative estimate of drug-likeness (QED) is 0.712. The summed E-state index contributed by atoms with van der Waals surface area (Å²) in [6.45, 7) is 3.35. The van der Waals surface area contributed by atoms with Gasteiger partial charge in [0, 0.05) is 24.2 Å². The van der Waals surface area contributed by atoms with Gasteiger partial charge in [-0.2, -0.15) is 0 Å². The van der Waals surface area contributed by atoms with Crippen LogP contribution < -0.4 is 14.8 Å². The Kier molecular flexibility index (Phi) is 5.08. The first-order valence-electron chi connectivity index (χ1n) is 5.26. The molecule has 0 spiro atoms. The molecule has 0 aliphatic rings. The average Bonchev–Trinajstić information content (AvgIpc) is 2.30.